The molecule has 0 spiro atoms. The first-order valence-electron chi connectivity index (χ1n) is 6.88. The molecule has 1 heterocycles. The lowest BCUT2D eigenvalue weighted by Crippen LogP contribution is -2.41. The first-order valence-corrected chi connectivity index (χ1v) is 6.88. The Kier molecular flexibility index (Phi) is 4.33. The number of hydrogen-bond donors (Lipinski definition) is 1. The molecule has 1 aliphatic heterocycles. The van der Waals surface area contributed by atoms with Gasteiger partial charge in [0.2, 0.25) is 0 Å². The predicted octanol–water partition coefficient (Wildman–Crippen LogP) is 4.12. The lowest BCUT2D eigenvalue weighted by molar-refractivity contribution is 0.295. The minimum atomic E-state index is -0.765. The molecule has 0 saturated carbocycles. The van der Waals surface area contributed by atoms with Crippen molar-refractivity contribution >= 4 is 0 Å². The molecule has 1 fully saturated rings. The van der Waals surface area contributed by atoms with Crippen LogP contribution in [0.3, 0.4) is 0 Å². The largest absolute Gasteiger partial charge is 0.307 e. The van der Waals surface area contributed by atoms with Crippen molar-refractivity contribution in [2.24, 2.45) is 0 Å². The highest BCUT2D eigenvalue weighted by atomic mass is 19.2. The molecule has 18 heavy (non-hydrogen) atoms. The monoisotopic (exact) mass is 253 g/mol. The maximum absolute atomic E-state index is 13.4. The molecular weight excluding hydrogens is 232 g/mol. The molecule has 1 aromatic rings. The van der Waals surface area contributed by atoms with Gasteiger partial charge in [-0.15, -0.1) is 0 Å². The molecule has 0 aliphatic carbocycles. The zero-order chi connectivity index (χ0) is 13.0. The molecule has 1 aliphatic rings. The summed E-state index contributed by atoms with van der Waals surface area (Å²) in [5.74, 6) is -1.51. The third-order valence-electron chi connectivity index (χ3n) is 3.89. The lowest BCUT2D eigenvalue weighted by Gasteiger charge is -2.34. The van der Waals surface area contributed by atoms with Gasteiger partial charge in [-0.2, -0.15) is 0 Å². The number of rotatable bonds is 3. The molecule has 1 atom stereocenters. The number of halogens is 2. The lowest BCUT2D eigenvalue weighted by atomic mass is 9.82. The zero-order valence-electron chi connectivity index (χ0n) is 10.9. The second-order valence-corrected chi connectivity index (χ2v) is 5.20. The van der Waals surface area contributed by atoms with Crippen LogP contribution in [0.5, 0.6) is 0 Å². The van der Waals surface area contributed by atoms with E-state index in [9.17, 15) is 8.78 Å². The Bertz CT molecular complexity index is 395. The fourth-order valence-corrected chi connectivity index (χ4v) is 2.97. The van der Waals surface area contributed by atoms with Gasteiger partial charge in [0.1, 0.15) is 0 Å². The van der Waals surface area contributed by atoms with E-state index in [1.54, 1.807) is 6.07 Å². The van der Waals surface area contributed by atoms with Gasteiger partial charge >= 0.3 is 0 Å². The van der Waals surface area contributed by atoms with Gasteiger partial charge in [-0.25, -0.2) is 8.78 Å². The van der Waals surface area contributed by atoms with Crippen LogP contribution >= 0.6 is 0 Å². The quantitative estimate of drug-likeness (QED) is 0.854. The summed E-state index contributed by atoms with van der Waals surface area (Å²) >= 11 is 0. The Morgan fingerprint density at radius 3 is 2.72 bits per heavy atom. The van der Waals surface area contributed by atoms with E-state index in [0.29, 0.717) is 0 Å². The Morgan fingerprint density at radius 1 is 1.17 bits per heavy atom. The third-order valence-corrected chi connectivity index (χ3v) is 3.89. The molecule has 0 aromatic heterocycles. The highest BCUT2D eigenvalue weighted by Gasteiger charge is 2.32. The summed E-state index contributed by atoms with van der Waals surface area (Å²) in [7, 11) is 0. The van der Waals surface area contributed by atoms with Gasteiger partial charge in [0.25, 0.3) is 0 Å². The maximum atomic E-state index is 13.4. The van der Waals surface area contributed by atoms with Crippen LogP contribution in [0, 0.1) is 11.6 Å². The number of benzene rings is 1. The summed E-state index contributed by atoms with van der Waals surface area (Å²) in [4.78, 5) is 0. The van der Waals surface area contributed by atoms with Gasteiger partial charge in [0.05, 0.1) is 0 Å². The topological polar surface area (TPSA) is 12.0 Å². The van der Waals surface area contributed by atoms with Crippen LogP contribution in [0.2, 0.25) is 0 Å². The fraction of sp³-hybridized carbons (Fsp3) is 0.600. The Hall–Kier alpha value is -0.960. The van der Waals surface area contributed by atoms with Crippen molar-refractivity contribution in [3.63, 3.8) is 0 Å². The van der Waals surface area contributed by atoms with Gasteiger partial charge in [0.15, 0.2) is 11.6 Å². The molecule has 1 unspecified atom stereocenters. The van der Waals surface area contributed by atoms with Crippen LogP contribution in [0.15, 0.2) is 18.2 Å². The van der Waals surface area contributed by atoms with Gasteiger partial charge in [-0.1, -0.05) is 32.3 Å². The second kappa shape index (κ2) is 5.79. The van der Waals surface area contributed by atoms with Crippen LogP contribution in [-0.2, 0) is 5.54 Å². The van der Waals surface area contributed by atoms with E-state index in [2.05, 4.69) is 12.2 Å². The summed E-state index contributed by atoms with van der Waals surface area (Å²) in [6.45, 7) is 3.09. The molecule has 0 radical (unpaired) electrons. The summed E-state index contributed by atoms with van der Waals surface area (Å²) in [6, 6.07) is 4.34. The molecule has 3 heteroatoms. The van der Waals surface area contributed by atoms with Crippen molar-refractivity contribution < 1.29 is 8.78 Å². The van der Waals surface area contributed by atoms with Crippen molar-refractivity contribution in [3.05, 3.63) is 35.4 Å². The van der Waals surface area contributed by atoms with E-state index in [0.717, 1.165) is 44.2 Å². The molecule has 100 valence electrons. The van der Waals surface area contributed by atoms with Gasteiger partial charge in [0, 0.05) is 5.54 Å². The van der Waals surface area contributed by atoms with E-state index < -0.39 is 11.6 Å². The predicted molar refractivity (Wildman–Crippen MR) is 69.4 cm³/mol. The second-order valence-electron chi connectivity index (χ2n) is 5.20. The summed E-state index contributed by atoms with van der Waals surface area (Å²) in [6.07, 6.45) is 6.53. The minimum absolute atomic E-state index is 0.167. The Morgan fingerprint density at radius 2 is 2.00 bits per heavy atom. The molecular formula is C15H21F2N. The Balaban J connectivity index is 2.35. The summed E-state index contributed by atoms with van der Waals surface area (Å²) < 4.78 is 26.5. The van der Waals surface area contributed by atoms with Crippen LogP contribution in [0.25, 0.3) is 0 Å². The smallest absolute Gasteiger partial charge is 0.159 e. The Labute approximate surface area is 108 Å². The first-order chi connectivity index (χ1) is 8.68. The highest BCUT2D eigenvalue weighted by Crippen LogP contribution is 2.34. The third kappa shape index (κ3) is 2.72. The molecule has 0 bridgehead atoms. The van der Waals surface area contributed by atoms with Crippen molar-refractivity contribution in [1.82, 2.24) is 5.32 Å². The van der Waals surface area contributed by atoms with E-state index in [4.69, 9.17) is 0 Å². The summed E-state index contributed by atoms with van der Waals surface area (Å²) in [5, 5.41) is 3.57. The number of nitrogens with one attached hydrogen (secondary N) is 1. The highest BCUT2D eigenvalue weighted by molar-refractivity contribution is 5.26. The van der Waals surface area contributed by atoms with Crippen molar-refractivity contribution in [1.29, 1.82) is 0 Å². The normalized spacial score (nSPS) is 24.8. The van der Waals surface area contributed by atoms with Crippen molar-refractivity contribution in [3.8, 4) is 0 Å². The molecule has 1 aromatic carbocycles. The van der Waals surface area contributed by atoms with Gasteiger partial charge < -0.3 is 5.32 Å². The zero-order valence-corrected chi connectivity index (χ0v) is 10.9. The van der Waals surface area contributed by atoms with Gasteiger partial charge in [-0.3, -0.25) is 0 Å². The molecule has 2 rings (SSSR count). The van der Waals surface area contributed by atoms with E-state index in [1.807, 2.05) is 0 Å². The van der Waals surface area contributed by atoms with E-state index in [-0.39, 0.29) is 5.54 Å². The fourth-order valence-electron chi connectivity index (χ4n) is 2.97. The van der Waals surface area contributed by atoms with Crippen molar-refractivity contribution in [2.75, 3.05) is 6.54 Å². The molecule has 1 N–H and O–H groups in total. The van der Waals surface area contributed by atoms with Crippen LogP contribution < -0.4 is 5.32 Å². The van der Waals surface area contributed by atoms with Crippen molar-refractivity contribution in [2.45, 2.75) is 51.0 Å². The van der Waals surface area contributed by atoms with Crippen LogP contribution in [-0.4, -0.2) is 6.54 Å². The standard InChI is InChI=1S/C15H21F2N/c1-2-8-15(9-4-3-5-10-18-15)12-6-7-13(16)14(17)11-12/h6-7,11,18H,2-5,8-10H2,1H3. The first kappa shape index (κ1) is 13.5. The average molecular weight is 253 g/mol. The summed E-state index contributed by atoms with van der Waals surface area (Å²) in [5.41, 5.74) is 0.727. The SMILES string of the molecule is CCCC1(c2ccc(F)c(F)c2)CCCCCN1. The van der Waals surface area contributed by atoms with Crippen LogP contribution in [0.4, 0.5) is 8.78 Å². The van der Waals surface area contributed by atoms with E-state index >= 15 is 0 Å². The molecule has 1 nitrogen and oxygen atoms in total. The molecule has 0 amide bonds. The maximum Gasteiger partial charge on any atom is 0.159 e. The van der Waals surface area contributed by atoms with Gasteiger partial charge in [-0.05, 0) is 43.5 Å². The average Bonchev–Trinajstić information content (AvgIpc) is 2.60. The van der Waals surface area contributed by atoms with Crippen LogP contribution in [0.1, 0.15) is 51.0 Å². The number of hydrogen-bond acceptors (Lipinski definition) is 1. The van der Waals surface area contributed by atoms with E-state index in [1.165, 1.54) is 18.6 Å². The molecule has 1 saturated heterocycles. The minimum Gasteiger partial charge on any atom is -0.307 e.